The van der Waals surface area contributed by atoms with Crippen molar-refractivity contribution in [3.8, 4) is 5.75 Å². The molecule has 1 saturated carbocycles. The quantitative estimate of drug-likeness (QED) is 0.619. The van der Waals surface area contributed by atoms with Crippen LogP contribution in [0.3, 0.4) is 0 Å². The largest absolute Gasteiger partial charge is 0.490 e. The molecule has 1 N–H and O–H groups in total. The van der Waals surface area contributed by atoms with Gasteiger partial charge in [-0.25, -0.2) is 0 Å². The summed E-state index contributed by atoms with van der Waals surface area (Å²) in [4.78, 5) is 10.6. The minimum absolute atomic E-state index is 0.0232. The maximum Gasteiger partial charge on any atom is 0.311 e. The number of methoxy groups -OCH3 is 1. The second kappa shape index (κ2) is 6.45. The van der Waals surface area contributed by atoms with Crippen molar-refractivity contribution in [1.82, 2.24) is 5.32 Å². The van der Waals surface area contributed by atoms with Gasteiger partial charge < -0.3 is 10.1 Å². The van der Waals surface area contributed by atoms with Gasteiger partial charge in [0.15, 0.2) is 5.75 Å². The lowest BCUT2D eigenvalue weighted by atomic mass is 9.84. The second-order valence-electron chi connectivity index (χ2n) is 5.11. The maximum absolute atomic E-state index is 11.0. The molecule has 0 atom stereocenters. The molecule has 0 amide bonds. The highest BCUT2D eigenvalue weighted by atomic mass is 32.2. The van der Waals surface area contributed by atoms with Crippen LogP contribution in [0.2, 0.25) is 0 Å². The van der Waals surface area contributed by atoms with Gasteiger partial charge in [0.2, 0.25) is 0 Å². The molecule has 1 aliphatic carbocycles. The van der Waals surface area contributed by atoms with Crippen LogP contribution in [0, 0.1) is 10.1 Å². The van der Waals surface area contributed by atoms with Gasteiger partial charge in [-0.05, 0) is 30.7 Å². The topological polar surface area (TPSA) is 64.4 Å². The Kier molecular flexibility index (Phi) is 4.88. The third-order valence-corrected chi connectivity index (χ3v) is 5.33. The van der Waals surface area contributed by atoms with Crippen molar-refractivity contribution in [2.75, 3.05) is 19.9 Å². The molecule has 0 spiro atoms. The molecule has 0 saturated heterocycles. The van der Waals surface area contributed by atoms with Crippen molar-refractivity contribution in [3.05, 3.63) is 33.9 Å². The van der Waals surface area contributed by atoms with Gasteiger partial charge in [0.1, 0.15) is 0 Å². The number of nitrogens with one attached hydrogen (secondary N) is 1. The van der Waals surface area contributed by atoms with Crippen LogP contribution < -0.4 is 10.1 Å². The van der Waals surface area contributed by atoms with Gasteiger partial charge in [-0.15, -0.1) is 0 Å². The molecule has 5 nitrogen and oxygen atoms in total. The third-order valence-electron chi connectivity index (χ3n) is 3.91. The lowest BCUT2D eigenvalue weighted by molar-refractivity contribution is -0.385. The Bertz CT molecular complexity index is 484. The number of benzene rings is 1. The minimum atomic E-state index is -0.405. The molecular weight excluding hydrogens is 276 g/mol. The van der Waals surface area contributed by atoms with Gasteiger partial charge in [-0.1, -0.05) is 12.5 Å². The van der Waals surface area contributed by atoms with Crippen molar-refractivity contribution in [3.63, 3.8) is 0 Å². The molecular formula is C14H20N2O3S. The van der Waals surface area contributed by atoms with Crippen LogP contribution in [0.25, 0.3) is 0 Å². The van der Waals surface area contributed by atoms with Crippen molar-refractivity contribution in [2.24, 2.45) is 0 Å². The zero-order valence-electron chi connectivity index (χ0n) is 11.8. The van der Waals surface area contributed by atoms with E-state index in [9.17, 15) is 10.1 Å². The monoisotopic (exact) mass is 296 g/mol. The van der Waals surface area contributed by atoms with E-state index in [-0.39, 0.29) is 5.69 Å². The SMILES string of the molecule is COc1ccc(CNCC2(SC)CCC2)cc1[N+](=O)[O-]. The Morgan fingerprint density at radius 2 is 2.25 bits per heavy atom. The first-order valence-corrected chi connectivity index (χ1v) is 7.90. The lowest BCUT2D eigenvalue weighted by Gasteiger charge is -2.40. The van der Waals surface area contributed by atoms with E-state index in [1.807, 2.05) is 17.8 Å². The normalized spacial score (nSPS) is 16.5. The molecule has 110 valence electrons. The van der Waals surface area contributed by atoms with E-state index in [0.717, 1.165) is 12.1 Å². The predicted octanol–water partition coefficient (Wildman–Crippen LogP) is 2.98. The van der Waals surface area contributed by atoms with Crippen LogP contribution in [0.15, 0.2) is 18.2 Å². The second-order valence-corrected chi connectivity index (χ2v) is 6.38. The summed E-state index contributed by atoms with van der Waals surface area (Å²) >= 11 is 1.92. The Balaban J connectivity index is 1.96. The van der Waals surface area contributed by atoms with Crippen LogP contribution in [0.1, 0.15) is 24.8 Å². The van der Waals surface area contributed by atoms with Crippen LogP contribution in [0.5, 0.6) is 5.75 Å². The number of nitro benzene ring substituents is 1. The number of nitro groups is 1. The Hall–Kier alpha value is -1.27. The first-order valence-electron chi connectivity index (χ1n) is 6.67. The number of hydrogen-bond donors (Lipinski definition) is 1. The fourth-order valence-corrected chi connectivity index (χ4v) is 3.39. The van der Waals surface area contributed by atoms with E-state index in [1.165, 1.54) is 26.4 Å². The van der Waals surface area contributed by atoms with Gasteiger partial charge in [-0.3, -0.25) is 10.1 Å². The zero-order chi connectivity index (χ0) is 14.6. The minimum Gasteiger partial charge on any atom is -0.490 e. The Labute approximate surface area is 123 Å². The van der Waals surface area contributed by atoms with E-state index in [0.29, 0.717) is 17.0 Å². The molecule has 6 heteroatoms. The summed E-state index contributed by atoms with van der Waals surface area (Å²) in [5.41, 5.74) is 0.933. The highest BCUT2D eigenvalue weighted by Crippen LogP contribution is 2.42. The first-order chi connectivity index (χ1) is 9.60. The van der Waals surface area contributed by atoms with Crippen molar-refractivity contribution >= 4 is 17.4 Å². The highest BCUT2D eigenvalue weighted by molar-refractivity contribution is 8.00. The predicted molar refractivity (Wildman–Crippen MR) is 81.5 cm³/mol. The van der Waals surface area contributed by atoms with E-state index in [4.69, 9.17) is 4.74 Å². The summed E-state index contributed by atoms with van der Waals surface area (Å²) in [5, 5.41) is 14.4. The molecule has 0 heterocycles. The van der Waals surface area contributed by atoms with Gasteiger partial charge >= 0.3 is 5.69 Å². The van der Waals surface area contributed by atoms with Crippen molar-refractivity contribution in [2.45, 2.75) is 30.6 Å². The molecule has 0 aliphatic heterocycles. The molecule has 1 fully saturated rings. The molecule has 1 aliphatic rings. The number of nitrogens with zero attached hydrogens (tertiary/aromatic N) is 1. The van der Waals surface area contributed by atoms with Crippen LogP contribution in [0.4, 0.5) is 5.69 Å². The molecule has 1 aromatic rings. The molecule has 0 bridgehead atoms. The number of hydrogen-bond acceptors (Lipinski definition) is 5. The van der Waals surface area contributed by atoms with Gasteiger partial charge in [0.25, 0.3) is 0 Å². The number of rotatable bonds is 7. The van der Waals surface area contributed by atoms with Crippen LogP contribution in [-0.2, 0) is 6.54 Å². The smallest absolute Gasteiger partial charge is 0.311 e. The molecule has 20 heavy (non-hydrogen) atoms. The molecule has 0 aromatic heterocycles. The summed E-state index contributed by atoms with van der Waals surface area (Å²) in [5.74, 6) is 0.304. The van der Waals surface area contributed by atoms with E-state index >= 15 is 0 Å². The Morgan fingerprint density at radius 3 is 2.75 bits per heavy atom. The molecule has 0 radical (unpaired) electrons. The number of ether oxygens (including phenoxy) is 1. The summed E-state index contributed by atoms with van der Waals surface area (Å²) in [7, 11) is 1.44. The summed E-state index contributed by atoms with van der Waals surface area (Å²) in [6.45, 7) is 1.60. The van der Waals surface area contributed by atoms with Crippen molar-refractivity contribution in [1.29, 1.82) is 0 Å². The highest BCUT2D eigenvalue weighted by Gasteiger charge is 2.35. The summed E-state index contributed by atoms with van der Waals surface area (Å²) < 4.78 is 5.37. The van der Waals surface area contributed by atoms with Gasteiger partial charge in [-0.2, -0.15) is 11.8 Å². The van der Waals surface area contributed by atoms with Gasteiger partial charge in [0, 0.05) is 23.9 Å². The first kappa shape index (κ1) is 15.1. The lowest BCUT2D eigenvalue weighted by Crippen LogP contribution is -2.43. The van der Waals surface area contributed by atoms with Gasteiger partial charge in [0.05, 0.1) is 12.0 Å². The fourth-order valence-electron chi connectivity index (χ4n) is 2.45. The van der Waals surface area contributed by atoms with E-state index in [1.54, 1.807) is 12.1 Å². The standard InChI is InChI=1S/C14H20N2O3S/c1-19-13-5-4-11(8-12(13)16(17)18)9-15-10-14(20-2)6-3-7-14/h4-5,8,15H,3,6-7,9-10H2,1-2H3. The zero-order valence-corrected chi connectivity index (χ0v) is 12.7. The average Bonchev–Trinajstić information content (AvgIpc) is 2.41. The molecule has 2 rings (SSSR count). The van der Waals surface area contributed by atoms with E-state index < -0.39 is 4.92 Å². The fraction of sp³-hybridized carbons (Fsp3) is 0.571. The van der Waals surface area contributed by atoms with Crippen LogP contribution in [-0.4, -0.2) is 29.6 Å². The number of thioether (sulfide) groups is 1. The third kappa shape index (κ3) is 3.24. The molecule has 1 aromatic carbocycles. The van der Waals surface area contributed by atoms with Crippen LogP contribution >= 0.6 is 11.8 Å². The average molecular weight is 296 g/mol. The Morgan fingerprint density at radius 1 is 1.50 bits per heavy atom. The summed E-state index contributed by atoms with van der Waals surface area (Å²) in [6, 6.07) is 5.10. The molecule has 0 unspecified atom stereocenters. The van der Waals surface area contributed by atoms with E-state index in [2.05, 4.69) is 11.6 Å². The summed E-state index contributed by atoms with van der Waals surface area (Å²) in [6.07, 6.45) is 5.96. The maximum atomic E-state index is 11.0. The van der Waals surface area contributed by atoms with Crippen molar-refractivity contribution < 1.29 is 9.66 Å².